The molecule has 0 unspecified atom stereocenters. The summed E-state index contributed by atoms with van der Waals surface area (Å²) in [5.41, 5.74) is 0.528. The van der Waals surface area contributed by atoms with Gasteiger partial charge in [0.15, 0.2) is 0 Å². The third-order valence-electron chi connectivity index (χ3n) is 4.14. The van der Waals surface area contributed by atoms with Crippen molar-refractivity contribution in [1.29, 1.82) is 0 Å². The summed E-state index contributed by atoms with van der Waals surface area (Å²) in [4.78, 5) is 24.5. The number of hydrogen-bond acceptors (Lipinski definition) is 5. The van der Waals surface area contributed by atoms with Crippen molar-refractivity contribution in [2.24, 2.45) is 0 Å². The van der Waals surface area contributed by atoms with E-state index in [0.29, 0.717) is 11.3 Å². The van der Waals surface area contributed by atoms with Gasteiger partial charge in [-0.2, -0.15) is 5.10 Å². The van der Waals surface area contributed by atoms with Gasteiger partial charge in [0.05, 0.1) is 10.6 Å². The van der Waals surface area contributed by atoms with Crippen LogP contribution < -0.4 is 10.9 Å². The van der Waals surface area contributed by atoms with Crippen LogP contribution in [-0.4, -0.2) is 42.5 Å². The van der Waals surface area contributed by atoms with Crippen molar-refractivity contribution >= 4 is 15.9 Å². The van der Waals surface area contributed by atoms with Gasteiger partial charge in [0.2, 0.25) is 15.9 Å². The standard InChI is InChI=1S/C19H26N4O4S/c1-19(2,3)16-10-11-18(25)23(21-16)13-17(24)20-12-14-8-6-7-9-15(14)28(26,27)22(4)5/h6-11H,12-13H2,1-5H3,(H,20,24). The minimum Gasteiger partial charge on any atom is -0.350 e. The van der Waals surface area contributed by atoms with Crippen molar-refractivity contribution in [3.8, 4) is 0 Å². The van der Waals surface area contributed by atoms with Gasteiger partial charge in [-0.25, -0.2) is 17.4 Å². The molecule has 0 radical (unpaired) electrons. The topological polar surface area (TPSA) is 101 Å². The Bertz CT molecular complexity index is 1020. The van der Waals surface area contributed by atoms with E-state index in [1.165, 1.54) is 26.2 Å². The Hall–Kier alpha value is -2.52. The summed E-state index contributed by atoms with van der Waals surface area (Å²) in [6.07, 6.45) is 0. The summed E-state index contributed by atoms with van der Waals surface area (Å²) >= 11 is 0. The number of rotatable bonds is 6. The van der Waals surface area contributed by atoms with E-state index in [2.05, 4.69) is 10.4 Å². The highest BCUT2D eigenvalue weighted by atomic mass is 32.2. The van der Waals surface area contributed by atoms with E-state index in [1.54, 1.807) is 24.3 Å². The van der Waals surface area contributed by atoms with Crippen LogP contribution in [0.15, 0.2) is 46.1 Å². The van der Waals surface area contributed by atoms with Crippen molar-refractivity contribution in [3.63, 3.8) is 0 Å². The van der Waals surface area contributed by atoms with Crippen molar-refractivity contribution in [3.05, 3.63) is 58.0 Å². The van der Waals surface area contributed by atoms with Gasteiger partial charge in [-0.1, -0.05) is 39.0 Å². The maximum Gasteiger partial charge on any atom is 0.267 e. The van der Waals surface area contributed by atoms with Crippen LogP contribution >= 0.6 is 0 Å². The van der Waals surface area contributed by atoms with Gasteiger partial charge in [0.1, 0.15) is 6.54 Å². The smallest absolute Gasteiger partial charge is 0.267 e. The maximum absolute atomic E-state index is 12.4. The first kappa shape index (κ1) is 21.8. The molecule has 1 amide bonds. The van der Waals surface area contributed by atoms with Crippen molar-refractivity contribution in [2.45, 2.75) is 44.2 Å². The second kappa shape index (κ2) is 8.24. The highest BCUT2D eigenvalue weighted by molar-refractivity contribution is 7.89. The summed E-state index contributed by atoms with van der Waals surface area (Å²) < 4.78 is 27.1. The monoisotopic (exact) mass is 406 g/mol. The number of carbonyl (C=O) groups is 1. The summed E-state index contributed by atoms with van der Waals surface area (Å²) in [7, 11) is -0.730. The van der Waals surface area contributed by atoms with Crippen molar-refractivity contribution in [1.82, 2.24) is 19.4 Å². The van der Waals surface area contributed by atoms with E-state index in [-0.39, 0.29) is 29.0 Å². The van der Waals surface area contributed by atoms with E-state index < -0.39 is 15.9 Å². The molecule has 8 nitrogen and oxygen atoms in total. The van der Waals surface area contributed by atoms with Crippen LogP contribution in [0.4, 0.5) is 0 Å². The number of nitrogens with zero attached hydrogens (tertiary/aromatic N) is 3. The van der Waals surface area contributed by atoms with Crippen LogP contribution in [0.5, 0.6) is 0 Å². The van der Waals surface area contributed by atoms with E-state index in [9.17, 15) is 18.0 Å². The SMILES string of the molecule is CN(C)S(=O)(=O)c1ccccc1CNC(=O)Cn1nc(C(C)(C)C)ccc1=O. The first-order chi connectivity index (χ1) is 12.9. The number of nitrogens with one attached hydrogen (secondary N) is 1. The average molecular weight is 407 g/mol. The molecule has 1 aromatic carbocycles. The minimum atomic E-state index is -3.63. The van der Waals surface area contributed by atoms with Gasteiger partial charge < -0.3 is 5.32 Å². The quantitative estimate of drug-likeness (QED) is 0.774. The third kappa shape index (κ3) is 5.05. The van der Waals surface area contributed by atoms with Crippen LogP contribution in [0.25, 0.3) is 0 Å². The van der Waals surface area contributed by atoms with E-state index in [1.807, 2.05) is 20.8 Å². The Morgan fingerprint density at radius 3 is 2.39 bits per heavy atom. The second-order valence-electron chi connectivity index (χ2n) is 7.64. The predicted octanol–water partition coefficient (Wildman–Crippen LogP) is 1.11. The van der Waals surface area contributed by atoms with E-state index in [0.717, 1.165) is 8.99 Å². The molecular formula is C19H26N4O4S. The third-order valence-corrected chi connectivity index (χ3v) is 6.05. The lowest BCUT2D eigenvalue weighted by Crippen LogP contribution is -2.35. The zero-order chi connectivity index (χ0) is 21.1. The maximum atomic E-state index is 12.4. The Morgan fingerprint density at radius 1 is 1.14 bits per heavy atom. The zero-order valence-corrected chi connectivity index (χ0v) is 17.6. The largest absolute Gasteiger partial charge is 0.350 e. The average Bonchev–Trinajstić information content (AvgIpc) is 2.61. The number of sulfonamides is 1. The normalized spacial score (nSPS) is 12.2. The Balaban J connectivity index is 2.16. The Labute approximate surface area is 165 Å². The van der Waals surface area contributed by atoms with Crippen LogP contribution in [-0.2, 0) is 33.3 Å². The first-order valence-electron chi connectivity index (χ1n) is 8.78. The fourth-order valence-electron chi connectivity index (χ4n) is 2.45. The molecule has 0 fully saturated rings. The molecule has 0 aliphatic rings. The molecule has 0 atom stereocenters. The minimum absolute atomic E-state index is 0.0236. The molecule has 2 aromatic rings. The highest BCUT2D eigenvalue weighted by Gasteiger charge is 2.21. The molecule has 2 rings (SSSR count). The fraction of sp³-hybridized carbons (Fsp3) is 0.421. The van der Waals surface area contributed by atoms with Gasteiger partial charge in [-0.15, -0.1) is 0 Å². The van der Waals surface area contributed by atoms with Gasteiger partial charge in [-0.3, -0.25) is 9.59 Å². The number of benzene rings is 1. The molecule has 0 spiro atoms. The molecule has 0 saturated carbocycles. The molecule has 152 valence electrons. The molecule has 0 aliphatic carbocycles. The Kier molecular flexibility index (Phi) is 6.41. The first-order valence-corrected chi connectivity index (χ1v) is 10.2. The number of aromatic nitrogens is 2. The van der Waals surface area contributed by atoms with Crippen molar-refractivity contribution in [2.75, 3.05) is 14.1 Å². The number of amides is 1. The van der Waals surface area contributed by atoms with Crippen molar-refractivity contribution < 1.29 is 13.2 Å². The molecule has 0 bridgehead atoms. The molecule has 1 aromatic heterocycles. The van der Waals surface area contributed by atoms with E-state index in [4.69, 9.17) is 0 Å². The molecular weight excluding hydrogens is 380 g/mol. The summed E-state index contributed by atoms with van der Waals surface area (Å²) in [5, 5.41) is 6.92. The van der Waals surface area contributed by atoms with Gasteiger partial charge in [-0.05, 0) is 17.7 Å². The molecule has 28 heavy (non-hydrogen) atoms. The lowest BCUT2D eigenvalue weighted by molar-refractivity contribution is -0.122. The molecule has 9 heteroatoms. The summed E-state index contributed by atoms with van der Waals surface area (Å²) in [6.45, 7) is 5.67. The van der Waals surface area contributed by atoms with E-state index >= 15 is 0 Å². The summed E-state index contributed by atoms with van der Waals surface area (Å²) in [6, 6.07) is 9.51. The summed E-state index contributed by atoms with van der Waals surface area (Å²) in [5.74, 6) is -0.433. The lowest BCUT2D eigenvalue weighted by Gasteiger charge is -2.18. The fourth-order valence-corrected chi connectivity index (χ4v) is 3.56. The molecule has 0 saturated heterocycles. The lowest BCUT2D eigenvalue weighted by atomic mass is 9.92. The van der Waals surface area contributed by atoms with Crippen LogP contribution in [0, 0.1) is 0 Å². The number of carbonyl (C=O) groups excluding carboxylic acids is 1. The predicted molar refractivity (Wildman–Crippen MR) is 106 cm³/mol. The zero-order valence-electron chi connectivity index (χ0n) is 16.8. The van der Waals surface area contributed by atoms with Gasteiger partial charge in [0.25, 0.3) is 5.56 Å². The number of hydrogen-bond donors (Lipinski definition) is 1. The Morgan fingerprint density at radius 2 is 1.79 bits per heavy atom. The molecule has 1 N–H and O–H groups in total. The molecule has 1 heterocycles. The molecule has 0 aliphatic heterocycles. The highest BCUT2D eigenvalue weighted by Crippen LogP contribution is 2.19. The second-order valence-corrected chi connectivity index (χ2v) is 9.76. The van der Waals surface area contributed by atoms with Crippen LogP contribution in [0.1, 0.15) is 32.0 Å². The van der Waals surface area contributed by atoms with Gasteiger partial charge in [0, 0.05) is 32.1 Å². The van der Waals surface area contributed by atoms with Crippen LogP contribution in [0.3, 0.4) is 0 Å². The van der Waals surface area contributed by atoms with Crippen LogP contribution in [0.2, 0.25) is 0 Å². The van der Waals surface area contributed by atoms with Gasteiger partial charge >= 0.3 is 0 Å².